The molecular weight excluding hydrogens is 182 g/mol. The van der Waals surface area contributed by atoms with Gasteiger partial charge in [0, 0.05) is 0 Å². The van der Waals surface area contributed by atoms with E-state index in [1.807, 2.05) is 12.1 Å². The lowest BCUT2D eigenvalue weighted by Gasteiger charge is -2.17. The van der Waals surface area contributed by atoms with Crippen LogP contribution in [0, 0.1) is 17.2 Å². The van der Waals surface area contributed by atoms with Gasteiger partial charge >= 0.3 is 0 Å². The van der Waals surface area contributed by atoms with E-state index in [2.05, 4.69) is 30.4 Å². The molecule has 0 aromatic heterocycles. The summed E-state index contributed by atoms with van der Waals surface area (Å²) in [5.74, 6) is 0.794. The van der Waals surface area contributed by atoms with Crippen LogP contribution in [-0.2, 0) is 6.42 Å². The van der Waals surface area contributed by atoms with Crippen LogP contribution in [0.5, 0.6) is 0 Å². The molecule has 0 bridgehead atoms. The van der Waals surface area contributed by atoms with E-state index in [0.29, 0.717) is 0 Å². The van der Waals surface area contributed by atoms with E-state index >= 15 is 0 Å². The fraction of sp³-hybridized carbons (Fsp3) is 0.357. The topological polar surface area (TPSA) is 23.8 Å². The normalized spacial score (nSPS) is 19.8. The van der Waals surface area contributed by atoms with Gasteiger partial charge in [-0.25, -0.2) is 0 Å². The summed E-state index contributed by atoms with van der Waals surface area (Å²) < 4.78 is 0. The molecule has 1 heteroatoms. The Labute approximate surface area is 91.0 Å². The lowest BCUT2D eigenvalue weighted by Crippen LogP contribution is -2.06. The van der Waals surface area contributed by atoms with Crippen LogP contribution in [0.3, 0.4) is 0 Å². The molecule has 0 amide bonds. The largest absolute Gasteiger partial charge is 0.192 e. The fourth-order valence-corrected chi connectivity index (χ4v) is 2.09. The Kier molecular flexibility index (Phi) is 3.19. The lowest BCUT2D eigenvalue weighted by atomic mass is 9.88. The molecule has 1 nitrogen and oxygen atoms in total. The summed E-state index contributed by atoms with van der Waals surface area (Å²) in [5, 5.41) is 8.69. The summed E-state index contributed by atoms with van der Waals surface area (Å²) in [6.07, 6.45) is 9.45. The van der Waals surface area contributed by atoms with Crippen LogP contribution in [-0.4, -0.2) is 0 Å². The first-order valence-electron chi connectivity index (χ1n) is 5.52. The van der Waals surface area contributed by atoms with Gasteiger partial charge in [-0.05, 0) is 49.3 Å². The first kappa shape index (κ1) is 9.98. The van der Waals surface area contributed by atoms with Gasteiger partial charge in [0.2, 0.25) is 0 Å². The first-order chi connectivity index (χ1) is 7.38. The predicted octanol–water partition coefficient (Wildman–Crippen LogP) is 3.46. The Balaban J connectivity index is 1.98. The highest BCUT2D eigenvalue weighted by atomic mass is 14.2. The smallest absolute Gasteiger partial charge is 0.0991 e. The van der Waals surface area contributed by atoms with Crippen LogP contribution < -0.4 is 0 Å². The van der Waals surface area contributed by atoms with Gasteiger partial charge < -0.3 is 0 Å². The highest BCUT2D eigenvalue weighted by Crippen LogP contribution is 2.22. The number of hydrogen-bond donors (Lipinski definition) is 0. The van der Waals surface area contributed by atoms with E-state index in [4.69, 9.17) is 5.26 Å². The Hall–Kier alpha value is -1.55. The maximum absolute atomic E-state index is 8.69. The van der Waals surface area contributed by atoms with E-state index in [9.17, 15) is 0 Å². The summed E-state index contributed by atoms with van der Waals surface area (Å²) in [6.45, 7) is 0. The van der Waals surface area contributed by atoms with Gasteiger partial charge in [-0.3, -0.25) is 0 Å². The molecule has 0 heterocycles. The number of rotatable bonds is 2. The number of nitrogens with zero attached hydrogens (tertiary/aromatic N) is 1. The zero-order valence-electron chi connectivity index (χ0n) is 8.82. The second-order valence-corrected chi connectivity index (χ2v) is 4.16. The zero-order valence-corrected chi connectivity index (χ0v) is 8.82. The van der Waals surface area contributed by atoms with Gasteiger partial charge in [-0.2, -0.15) is 5.26 Å². The molecule has 1 aliphatic carbocycles. The van der Waals surface area contributed by atoms with Crippen molar-refractivity contribution in [2.75, 3.05) is 0 Å². The van der Waals surface area contributed by atoms with Gasteiger partial charge in [-0.1, -0.05) is 24.3 Å². The summed E-state index contributed by atoms with van der Waals surface area (Å²) in [7, 11) is 0. The van der Waals surface area contributed by atoms with Gasteiger partial charge in [0.1, 0.15) is 0 Å². The fourth-order valence-electron chi connectivity index (χ4n) is 2.09. The number of allylic oxidation sites excluding steroid dienone is 2. The molecule has 15 heavy (non-hydrogen) atoms. The van der Waals surface area contributed by atoms with Gasteiger partial charge in [0.15, 0.2) is 0 Å². The number of nitriles is 1. The Bertz CT molecular complexity index is 381. The standard InChI is InChI=1S/C14H15N/c15-11-14-8-6-13(7-9-14)10-12-4-2-1-3-5-12/h1-2,6-9,12H,3-5,10H2/t12-/m1/s1. The summed E-state index contributed by atoms with van der Waals surface area (Å²) in [4.78, 5) is 0. The van der Waals surface area contributed by atoms with Gasteiger partial charge in [0.25, 0.3) is 0 Å². The molecule has 0 fully saturated rings. The minimum atomic E-state index is 0.752. The molecule has 0 radical (unpaired) electrons. The van der Waals surface area contributed by atoms with Gasteiger partial charge in [-0.15, -0.1) is 0 Å². The van der Waals surface area contributed by atoms with Crippen molar-refractivity contribution in [2.24, 2.45) is 5.92 Å². The lowest BCUT2D eigenvalue weighted by molar-refractivity contribution is 0.477. The molecule has 1 aromatic rings. The van der Waals surface area contributed by atoms with Crippen molar-refractivity contribution in [2.45, 2.75) is 25.7 Å². The molecular formula is C14H15N. The second kappa shape index (κ2) is 4.79. The predicted molar refractivity (Wildman–Crippen MR) is 61.3 cm³/mol. The van der Waals surface area contributed by atoms with E-state index in [1.165, 1.54) is 24.8 Å². The zero-order chi connectivity index (χ0) is 10.5. The van der Waals surface area contributed by atoms with E-state index in [-0.39, 0.29) is 0 Å². The van der Waals surface area contributed by atoms with Crippen molar-refractivity contribution >= 4 is 0 Å². The summed E-state index contributed by atoms with van der Waals surface area (Å²) in [6, 6.07) is 10.1. The molecule has 0 N–H and O–H groups in total. The van der Waals surface area contributed by atoms with Crippen molar-refractivity contribution in [1.29, 1.82) is 5.26 Å². The van der Waals surface area contributed by atoms with E-state index in [0.717, 1.165) is 17.9 Å². The van der Waals surface area contributed by atoms with Gasteiger partial charge in [0.05, 0.1) is 11.6 Å². The van der Waals surface area contributed by atoms with Crippen LogP contribution in [0.15, 0.2) is 36.4 Å². The Morgan fingerprint density at radius 1 is 1.20 bits per heavy atom. The third-order valence-corrected chi connectivity index (χ3v) is 2.99. The molecule has 1 aliphatic rings. The maximum Gasteiger partial charge on any atom is 0.0991 e. The number of hydrogen-bond acceptors (Lipinski definition) is 1. The van der Waals surface area contributed by atoms with Crippen LogP contribution in [0.1, 0.15) is 30.4 Å². The third-order valence-electron chi connectivity index (χ3n) is 2.99. The molecule has 0 unspecified atom stereocenters. The Morgan fingerprint density at radius 3 is 2.60 bits per heavy atom. The summed E-state index contributed by atoms with van der Waals surface area (Å²) >= 11 is 0. The van der Waals surface area contributed by atoms with Crippen molar-refractivity contribution in [1.82, 2.24) is 0 Å². The van der Waals surface area contributed by atoms with Crippen LogP contribution in [0.2, 0.25) is 0 Å². The van der Waals surface area contributed by atoms with Crippen molar-refractivity contribution in [3.63, 3.8) is 0 Å². The van der Waals surface area contributed by atoms with Crippen LogP contribution >= 0.6 is 0 Å². The SMILES string of the molecule is N#Cc1ccc(C[C@@H]2CC=CCC2)cc1. The quantitative estimate of drug-likeness (QED) is 0.666. The molecule has 2 rings (SSSR count). The minimum Gasteiger partial charge on any atom is -0.192 e. The maximum atomic E-state index is 8.69. The minimum absolute atomic E-state index is 0.752. The van der Waals surface area contributed by atoms with Crippen molar-refractivity contribution in [3.05, 3.63) is 47.5 Å². The van der Waals surface area contributed by atoms with Crippen molar-refractivity contribution < 1.29 is 0 Å². The first-order valence-corrected chi connectivity index (χ1v) is 5.52. The average Bonchev–Trinajstić information content (AvgIpc) is 2.31. The van der Waals surface area contributed by atoms with E-state index in [1.54, 1.807) is 0 Å². The molecule has 1 atom stereocenters. The monoisotopic (exact) mass is 197 g/mol. The van der Waals surface area contributed by atoms with Crippen molar-refractivity contribution in [3.8, 4) is 6.07 Å². The van der Waals surface area contributed by atoms with Crippen LogP contribution in [0.4, 0.5) is 0 Å². The highest BCUT2D eigenvalue weighted by Gasteiger charge is 2.10. The number of benzene rings is 1. The molecule has 1 aromatic carbocycles. The molecule has 0 saturated heterocycles. The summed E-state index contributed by atoms with van der Waals surface area (Å²) in [5.41, 5.74) is 2.11. The third kappa shape index (κ3) is 2.70. The van der Waals surface area contributed by atoms with E-state index < -0.39 is 0 Å². The molecule has 0 aliphatic heterocycles. The Morgan fingerprint density at radius 2 is 2.00 bits per heavy atom. The molecule has 76 valence electrons. The second-order valence-electron chi connectivity index (χ2n) is 4.16. The van der Waals surface area contributed by atoms with Crippen LogP contribution in [0.25, 0.3) is 0 Å². The molecule has 0 spiro atoms. The average molecular weight is 197 g/mol. The highest BCUT2D eigenvalue weighted by molar-refractivity contribution is 5.31. The molecule has 0 saturated carbocycles.